The van der Waals surface area contributed by atoms with E-state index in [1.807, 2.05) is 31.2 Å². The highest BCUT2D eigenvalue weighted by atomic mass is 35.5. The maximum absolute atomic E-state index is 12.4. The number of carbonyl (C=O) groups is 2. The third-order valence-corrected chi connectivity index (χ3v) is 7.05. The molecular weight excluding hydrogens is 374 g/mol. The van der Waals surface area contributed by atoms with Gasteiger partial charge < -0.3 is 16.0 Å². The van der Waals surface area contributed by atoms with Crippen molar-refractivity contribution in [2.45, 2.75) is 63.5 Å². The zero-order valence-corrected chi connectivity index (χ0v) is 17.2. The molecular formula is C22H30ClN3O2. The molecule has 4 fully saturated rings. The van der Waals surface area contributed by atoms with Gasteiger partial charge in [0.15, 0.2) is 0 Å². The minimum atomic E-state index is -0.125. The molecule has 6 heteroatoms. The number of hydrogen-bond acceptors (Lipinski definition) is 2. The van der Waals surface area contributed by atoms with Crippen molar-refractivity contribution in [1.82, 2.24) is 16.0 Å². The second-order valence-electron chi connectivity index (χ2n) is 9.17. The zero-order valence-electron chi connectivity index (χ0n) is 16.5. The predicted octanol–water partition coefficient (Wildman–Crippen LogP) is 4.18. The van der Waals surface area contributed by atoms with E-state index < -0.39 is 0 Å². The van der Waals surface area contributed by atoms with E-state index in [9.17, 15) is 9.59 Å². The summed E-state index contributed by atoms with van der Waals surface area (Å²) in [6.45, 7) is 2.28. The number of amides is 3. The maximum Gasteiger partial charge on any atom is 0.315 e. The number of benzene rings is 1. The van der Waals surface area contributed by atoms with Crippen LogP contribution in [0.4, 0.5) is 4.79 Å². The van der Waals surface area contributed by atoms with E-state index in [1.54, 1.807) is 0 Å². The minimum absolute atomic E-state index is 0.00416. The van der Waals surface area contributed by atoms with Gasteiger partial charge in [-0.05, 0) is 80.9 Å². The van der Waals surface area contributed by atoms with Crippen molar-refractivity contribution in [3.63, 3.8) is 0 Å². The summed E-state index contributed by atoms with van der Waals surface area (Å²) in [7, 11) is 0. The van der Waals surface area contributed by atoms with E-state index in [0.29, 0.717) is 11.6 Å². The van der Waals surface area contributed by atoms with Gasteiger partial charge >= 0.3 is 6.03 Å². The Morgan fingerprint density at radius 1 is 1.07 bits per heavy atom. The summed E-state index contributed by atoms with van der Waals surface area (Å²) in [4.78, 5) is 24.6. The minimum Gasteiger partial charge on any atom is -0.350 e. The summed E-state index contributed by atoms with van der Waals surface area (Å²) >= 11 is 5.90. The Morgan fingerprint density at radius 2 is 1.64 bits per heavy atom. The van der Waals surface area contributed by atoms with Gasteiger partial charge in [0.1, 0.15) is 0 Å². The molecule has 3 N–H and O–H groups in total. The topological polar surface area (TPSA) is 70.2 Å². The van der Waals surface area contributed by atoms with E-state index in [0.717, 1.165) is 42.6 Å². The van der Waals surface area contributed by atoms with Crippen molar-refractivity contribution < 1.29 is 9.59 Å². The number of nitrogens with one attached hydrogen (secondary N) is 3. The fraction of sp³-hybridized carbons (Fsp3) is 0.636. The first-order valence-electron chi connectivity index (χ1n) is 10.5. The molecule has 4 aliphatic rings. The molecule has 0 aromatic heterocycles. The van der Waals surface area contributed by atoms with E-state index in [4.69, 9.17) is 11.6 Å². The van der Waals surface area contributed by atoms with Crippen LogP contribution in [-0.2, 0) is 4.79 Å². The fourth-order valence-electron chi connectivity index (χ4n) is 5.99. The molecule has 28 heavy (non-hydrogen) atoms. The Labute approximate surface area is 172 Å². The summed E-state index contributed by atoms with van der Waals surface area (Å²) < 4.78 is 0. The molecule has 1 atom stereocenters. The molecule has 0 spiro atoms. The number of carbonyl (C=O) groups excluding carboxylic acids is 2. The lowest BCUT2D eigenvalue weighted by Crippen LogP contribution is -2.61. The first-order chi connectivity index (χ1) is 13.4. The normalized spacial score (nSPS) is 31.3. The van der Waals surface area contributed by atoms with Gasteiger partial charge in [0.05, 0.1) is 6.04 Å². The third-order valence-electron chi connectivity index (χ3n) is 6.80. The van der Waals surface area contributed by atoms with Gasteiger partial charge in [-0.2, -0.15) is 0 Å². The lowest BCUT2D eigenvalue weighted by atomic mass is 9.53. The van der Waals surface area contributed by atoms with Crippen LogP contribution in [0.1, 0.15) is 63.5 Å². The van der Waals surface area contributed by atoms with E-state index in [2.05, 4.69) is 16.0 Å². The van der Waals surface area contributed by atoms with Crippen molar-refractivity contribution in [1.29, 1.82) is 0 Å². The molecule has 0 saturated heterocycles. The molecule has 5 rings (SSSR count). The average Bonchev–Trinajstić information content (AvgIpc) is 2.60. The monoisotopic (exact) mass is 403 g/mol. The van der Waals surface area contributed by atoms with E-state index >= 15 is 0 Å². The lowest BCUT2D eigenvalue weighted by Gasteiger charge is -2.56. The quantitative estimate of drug-likeness (QED) is 0.666. The number of rotatable bonds is 6. The first kappa shape index (κ1) is 19.6. The second-order valence-corrected chi connectivity index (χ2v) is 9.61. The van der Waals surface area contributed by atoms with Crippen molar-refractivity contribution in [2.24, 2.45) is 17.8 Å². The van der Waals surface area contributed by atoms with Crippen LogP contribution in [0.3, 0.4) is 0 Å². The van der Waals surface area contributed by atoms with Crippen LogP contribution in [0.15, 0.2) is 24.3 Å². The summed E-state index contributed by atoms with van der Waals surface area (Å²) in [6, 6.07) is 7.23. The molecule has 0 heterocycles. The smallest absolute Gasteiger partial charge is 0.315 e. The van der Waals surface area contributed by atoms with Gasteiger partial charge in [0.2, 0.25) is 5.91 Å². The van der Waals surface area contributed by atoms with E-state index in [-0.39, 0.29) is 29.9 Å². The molecule has 4 aliphatic carbocycles. The SMILES string of the molecule is CC(NC(=O)CCNC(=O)NC12CC3CC(CC(C3)C1)C2)c1ccc(Cl)cc1. The van der Waals surface area contributed by atoms with Crippen LogP contribution in [0.2, 0.25) is 5.02 Å². The fourth-order valence-corrected chi connectivity index (χ4v) is 6.11. The molecule has 1 unspecified atom stereocenters. The van der Waals surface area contributed by atoms with E-state index in [1.165, 1.54) is 19.3 Å². The Kier molecular flexibility index (Phi) is 5.55. The van der Waals surface area contributed by atoms with Gasteiger partial charge in [0.25, 0.3) is 0 Å². The first-order valence-corrected chi connectivity index (χ1v) is 10.9. The molecule has 5 nitrogen and oxygen atoms in total. The van der Waals surface area contributed by atoms with Crippen molar-refractivity contribution in [2.75, 3.05) is 6.54 Å². The van der Waals surface area contributed by atoms with Gasteiger partial charge in [-0.15, -0.1) is 0 Å². The maximum atomic E-state index is 12.4. The Balaban J connectivity index is 1.19. The van der Waals surface area contributed by atoms with Crippen LogP contribution < -0.4 is 16.0 Å². The Hall–Kier alpha value is -1.75. The average molecular weight is 404 g/mol. The van der Waals surface area contributed by atoms with Crippen molar-refractivity contribution in [3.05, 3.63) is 34.9 Å². The molecule has 1 aromatic carbocycles. The van der Waals surface area contributed by atoms with Gasteiger partial charge in [-0.3, -0.25) is 4.79 Å². The predicted molar refractivity (Wildman–Crippen MR) is 110 cm³/mol. The van der Waals surface area contributed by atoms with Crippen molar-refractivity contribution in [3.8, 4) is 0 Å². The second kappa shape index (κ2) is 7.94. The van der Waals surface area contributed by atoms with Gasteiger partial charge in [0, 0.05) is 23.5 Å². The van der Waals surface area contributed by atoms with Crippen molar-refractivity contribution >= 4 is 23.5 Å². The highest BCUT2D eigenvalue weighted by molar-refractivity contribution is 6.30. The van der Waals surface area contributed by atoms with Gasteiger partial charge in [-0.25, -0.2) is 4.79 Å². The summed E-state index contributed by atoms with van der Waals surface area (Å²) in [5, 5.41) is 9.80. The van der Waals surface area contributed by atoms with Crippen LogP contribution in [0.25, 0.3) is 0 Å². The van der Waals surface area contributed by atoms with Crippen LogP contribution in [0.5, 0.6) is 0 Å². The molecule has 1 aromatic rings. The Bertz CT molecular complexity index is 699. The standard InChI is InChI=1S/C22H30ClN3O2/c1-14(18-2-4-19(23)5-3-18)25-20(27)6-7-24-21(28)26-22-11-15-8-16(12-22)10-17(9-15)13-22/h2-5,14-17H,6-13H2,1H3,(H,25,27)(H2,24,26,28). The summed E-state index contributed by atoms with van der Waals surface area (Å²) in [5.41, 5.74) is 1.01. The largest absolute Gasteiger partial charge is 0.350 e. The molecule has 0 radical (unpaired) electrons. The Morgan fingerprint density at radius 3 is 2.21 bits per heavy atom. The highest BCUT2D eigenvalue weighted by Gasteiger charge is 2.51. The van der Waals surface area contributed by atoms with Gasteiger partial charge in [-0.1, -0.05) is 23.7 Å². The lowest BCUT2D eigenvalue weighted by molar-refractivity contribution is -0.121. The zero-order chi connectivity index (χ0) is 19.7. The highest BCUT2D eigenvalue weighted by Crippen LogP contribution is 2.55. The molecule has 0 aliphatic heterocycles. The van der Waals surface area contributed by atoms with Crippen LogP contribution in [0, 0.1) is 17.8 Å². The number of hydrogen-bond donors (Lipinski definition) is 3. The van der Waals surface area contributed by atoms with Crippen LogP contribution >= 0.6 is 11.6 Å². The third kappa shape index (κ3) is 4.45. The molecule has 4 bridgehead atoms. The number of urea groups is 1. The summed E-state index contributed by atoms with van der Waals surface area (Å²) in [6.07, 6.45) is 7.73. The molecule has 4 saturated carbocycles. The number of halogens is 1. The molecule has 152 valence electrons. The van der Waals surface area contributed by atoms with Crippen LogP contribution in [-0.4, -0.2) is 24.0 Å². The summed E-state index contributed by atoms with van der Waals surface area (Å²) in [5.74, 6) is 2.32. The molecule has 3 amide bonds.